The molecular weight excluding hydrogens is 346 g/mol. The molecule has 2 aromatic heterocycles. The second kappa shape index (κ2) is 7.02. The summed E-state index contributed by atoms with van der Waals surface area (Å²) in [5.74, 6) is 0.485. The normalized spacial score (nSPS) is 10.8. The molecule has 4 rings (SSSR count). The molecule has 0 bridgehead atoms. The zero-order valence-electron chi connectivity index (χ0n) is 13.9. The lowest BCUT2D eigenvalue weighted by Crippen LogP contribution is -2.23. The largest absolute Gasteiger partial charge is 0.347 e. The summed E-state index contributed by atoms with van der Waals surface area (Å²) >= 11 is 6.12. The smallest absolute Gasteiger partial charge is 0.272 e. The van der Waals surface area contributed by atoms with Crippen molar-refractivity contribution in [1.29, 1.82) is 0 Å². The number of hydrogen-bond donors (Lipinski definition) is 1. The predicted octanol–water partition coefficient (Wildman–Crippen LogP) is 4.58. The average molecular weight is 362 g/mol. The molecule has 26 heavy (non-hydrogen) atoms. The van der Waals surface area contributed by atoms with Gasteiger partial charge in [0, 0.05) is 23.3 Å². The standard InChI is InChI=1S/C21H16ClN3O/c22-17-10-6-9-16(13-17)20-24-19(18-11-4-5-12-25(18)20)21(26)23-14-15-7-2-1-3-8-15/h1-13H,14H2,(H,23,26). The molecule has 5 heteroatoms. The van der Waals surface area contributed by atoms with E-state index in [1.807, 2.05) is 83.4 Å². The topological polar surface area (TPSA) is 46.4 Å². The van der Waals surface area contributed by atoms with Crippen LogP contribution < -0.4 is 5.32 Å². The fraction of sp³-hybridized carbons (Fsp3) is 0.0476. The van der Waals surface area contributed by atoms with E-state index in [-0.39, 0.29) is 5.91 Å². The monoisotopic (exact) mass is 361 g/mol. The maximum absolute atomic E-state index is 12.7. The van der Waals surface area contributed by atoms with Crippen LogP contribution in [-0.2, 0) is 6.54 Å². The van der Waals surface area contributed by atoms with Crippen LogP contribution in [-0.4, -0.2) is 15.3 Å². The third kappa shape index (κ3) is 3.19. The quantitative estimate of drug-likeness (QED) is 0.578. The highest BCUT2D eigenvalue weighted by molar-refractivity contribution is 6.30. The van der Waals surface area contributed by atoms with Gasteiger partial charge in [-0.25, -0.2) is 4.98 Å². The van der Waals surface area contributed by atoms with Crippen LogP contribution >= 0.6 is 11.6 Å². The Labute approximate surface area is 156 Å². The Morgan fingerprint density at radius 2 is 1.81 bits per heavy atom. The van der Waals surface area contributed by atoms with E-state index >= 15 is 0 Å². The van der Waals surface area contributed by atoms with Gasteiger partial charge >= 0.3 is 0 Å². The lowest BCUT2D eigenvalue weighted by molar-refractivity contribution is 0.0948. The Hall–Kier alpha value is -3.11. The Kier molecular flexibility index (Phi) is 4.42. The number of rotatable bonds is 4. The van der Waals surface area contributed by atoms with Crippen LogP contribution in [0.2, 0.25) is 5.02 Å². The van der Waals surface area contributed by atoms with Crippen molar-refractivity contribution < 1.29 is 4.79 Å². The van der Waals surface area contributed by atoms with Crippen LogP contribution in [0.25, 0.3) is 16.9 Å². The molecule has 4 nitrogen and oxygen atoms in total. The Balaban J connectivity index is 1.70. The molecular formula is C21H16ClN3O. The highest BCUT2D eigenvalue weighted by Gasteiger charge is 2.18. The lowest BCUT2D eigenvalue weighted by atomic mass is 10.2. The van der Waals surface area contributed by atoms with Crippen molar-refractivity contribution in [3.63, 3.8) is 0 Å². The van der Waals surface area contributed by atoms with Gasteiger partial charge in [0.25, 0.3) is 5.91 Å². The molecule has 1 amide bonds. The zero-order chi connectivity index (χ0) is 17.9. The number of amides is 1. The van der Waals surface area contributed by atoms with E-state index in [0.717, 1.165) is 16.6 Å². The highest BCUT2D eigenvalue weighted by atomic mass is 35.5. The summed E-state index contributed by atoms with van der Waals surface area (Å²) in [4.78, 5) is 17.3. The number of pyridine rings is 1. The summed E-state index contributed by atoms with van der Waals surface area (Å²) in [5.41, 5.74) is 3.06. The maximum Gasteiger partial charge on any atom is 0.272 e. The van der Waals surface area contributed by atoms with Gasteiger partial charge in [0.15, 0.2) is 5.69 Å². The first-order valence-corrected chi connectivity index (χ1v) is 8.65. The first-order valence-electron chi connectivity index (χ1n) is 8.27. The lowest BCUT2D eigenvalue weighted by Gasteiger charge is -2.03. The average Bonchev–Trinajstić information content (AvgIpc) is 3.07. The summed E-state index contributed by atoms with van der Waals surface area (Å²) < 4.78 is 1.91. The van der Waals surface area contributed by atoms with Gasteiger partial charge in [-0.1, -0.05) is 60.1 Å². The molecule has 0 aliphatic rings. The fourth-order valence-corrected chi connectivity index (χ4v) is 3.09. The van der Waals surface area contributed by atoms with E-state index in [4.69, 9.17) is 11.6 Å². The minimum atomic E-state index is -0.203. The molecule has 2 heterocycles. The zero-order valence-corrected chi connectivity index (χ0v) is 14.6. The van der Waals surface area contributed by atoms with Crippen molar-refractivity contribution in [2.24, 2.45) is 0 Å². The number of nitrogens with one attached hydrogen (secondary N) is 1. The van der Waals surface area contributed by atoms with Crippen LogP contribution in [0.4, 0.5) is 0 Å². The van der Waals surface area contributed by atoms with Crippen molar-refractivity contribution in [3.05, 3.63) is 95.3 Å². The molecule has 0 aliphatic carbocycles. The molecule has 4 aromatic rings. The molecule has 2 aromatic carbocycles. The first-order chi connectivity index (χ1) is 12.7. The number of imidazole rings is 1. The molecule has 128 valence electrons. The molecule has 1 N–H and O–H groups in total. The third-order valence-corrected chi connectivity index (χ3v) is 4.38. The molecule has 0 radical (unpaired) electrons. The van der Waals surface area contributed by atoms with Crippen LogP contribution in [0.3, 0.4) is 0 Å². The van der Waals surface area contributed by atoms with E-state index in [9.17, 15) is 4.79 Å². The summed E-state index contributed by atoms with van der Waals surface area (Å²) in [7, 11) is 0. The van der Waals surface area contributed by atoms with Gasteiger partial charge in [0.05, 0.1) is 5.52 Å². The van der Waals surface area contributed by atoms with Gasteiger partial charge in [-0.15, -0.1) is 0 Å². The summed E-state index contributed by atoms with van der Waals surface area (Å²) in [6.07, 6.45) is 1.90. The highest BCUT2D eigenvalue weighted by Crippen LogP contribution is 2.25. The number of halogens is 1. The molecule has 0 spiro atoms. The fourth-order valence-electron chi connectivity index (χ4n) is 2.90. The molecule has 0 atom stereocenters. The van der Waals surface area contributed by atoms with E-state index in [2.05, 4.69) is 10.3 Å². The number of benzene rings is 2. The summed E-state index contributed by atoms with van der Waals surface area (Å²) in [5, 5.41) is 3.57. The van der Waals surface area contributed by atoms with Gasteiger partial charge < -0.3 is 5.32 Å². The molecule has 0 fully saturated rings. The number of hydrogen-bond acceptors (Lipinski definition) is 2. The second-order valence-electron chi connectivity index (χ2n) is 5.92. The van der Waals surface area contributed by atoms with Crippen molar-refractivity contribution in [3.8, 4) is 11.4 Å². The van der Waals surface area contributed by atoms with Gasteiger partial charge in [-0.2, -0.15) is 0 Å². The number of carbonyl (C=O) groups excluding carboxylic acids is 1. The van der Waals surface area contributed by atoms with Crippen molar-refractivity contribution >= 4 is 23.0 Å². The minimum absolute atomic E-state index is 0.203. The number of carbonyl (C=O) groups is 1. The molecule has 0 saturated heterocycles. The SMILES string of the molecule is O=C(NCc1ccccc1)c1nc(-c2cccc(Cl)c2)n2ccccc12. The predicted molar refractivity (Wildman–Crippen MR) is 103 cm³/mol. The van der Waals surface area contributed by atoms with Crippen molar-refractivity contribution in [2.45, 2.75) is 6.54 Å². The first kappa shape index (κ1) is 16.4. The Morgan fingerprint density at radius 3 is 2.62 bits per heavy atom. The van der Waals surface area contributed by atoms with Crippen LogP contribution in [0.5, 0.6) is 0 Å². The van der Waals surface area contributed by atoms with Crippen LogP contribution in [0.1, 0.15) is 16.1 Å². The van der Waals surface area contributed by atoms with Gasteiger partial charge in [-0.3, -0.25) is 9.20 Å². The summed E-state index contributed by atoms with van der Waals surface area (Å²) in [6.45, 7) is 0.456. The summed E-state index contributed by atoms with van der Waals surface area (Å²) in [6, 6.07) is 23.0. The van der Waals surface area contributed by atoms with E-state index in [0.29, 0.717) is 23.1 Å². The number of nitrogens with zero attached hydrogens (tertiary/aromatic N) is 2. The molecule has 0 unspecified atom stereocenters. The van der Waals surface area contributed by atoms with Crippen molar-refractivity contribution in [2.75, 3.05) is 0 Å². The van der Waals surface area contributed by atoms with Gasteiger partial charge in [-0.05, 0) is 29.8 Å². The second-order valence-corrected chi connectivity index (χ2v) is 6.35. The maximum atomic E-state index is 12.7. The van der Waals surface area contributed by atoms with Crippen molar-refractivity contribution in [1.82, 2.24) is 14.7 Å². The third-order valence-electron chi connectivity index (χ3n) is 4.14. The molecule has 0 aliphatic heterocycles. The minimum Gasteiger partial charge on any atom is -0.347 e. The number of aromatic nitrogens is 2. The Bertz CT molecular complexity index is 1070. The van der Waals surface area contributed by atoms with E-state index in [1.165, 1.54) is 0 Å². The number of fused-ring (bicyclic) bond motifs is 1. The van der Waals surface area contributed by atoms with E-state index in [1.54, 1.807) is 0 Å². The Morgan fingerprint density at radius 1 is 1.00 bits per heavy atom. The van der Waals surface area contributed by atoms with Crippen LogP contribution in [0, 0.1) is 0 Å². The van der Waals surface area contributed by atoms with Gasteiger partial charge in [0.1, 0.15) is 5.82 Å². The molecule has 0 saturated carbocycles. The van der Waals surface area contributed by atoms with E-state index < -0.39 is 0 Å². The van der Waals surface area contributed by atoms with Gasteiger partial charge in [0.2, 0.25) is 0 Å². The van der Waals surface area contributed by atoms with Crippen LogP contribution in [0.15, 0.2) is 79.0 Å².